The molecular formula is C16H20N4O. The van der Waals surface area contributed by atoms with Gasteiger partial charge < -0.3 is 15.0 Å². The first-order valence-electron chi connectivity index (χ1n) is 6.73. The minimum Gasteiger partial charge on any atom is -0.495 e. The van der Waals surface area contributed by atoms with Crippen LogP contribution < -0.4 is 10.5 Å². The lowest BCUT2D eigenvalue weighted by Crippen LogP contribution is -2.24. The van der Waals surface area contributed by atoms with Crippen LogP contribution in [0.4, 0.5) is 5.82 Å². The Morgan fingerprint density at radius 2 is 2.00 bits per heavy atom. The Hall–Kier alpha value is -2.48. The van der Waals surface area contributed by atoms with Crippen molar-refractivity contribution in [2.24, 2.45) is 0 Å². The van der Waals surface area contributed by atoms with Crippen LogP contribution in [-0.4, -0.2) is 16.7 Å². The second-order valence-electron chi connectivity index (χ2n) is 5.93. The van der Waals surface area contributed by atoms with Gasteiger partial charge in [-0.1, -0.05) is 0 Å². The van der Waals surface area contributed by atoms with E-state index in [4.69, 9.17) is 10.5 Å². The van der Waals surface area contributed by atoms with E-state index in [2.05, 4.69) is 31.8 Å². The summed E-state index contributed by atoms with van der Waals surface area (Å²) in [6.45, 7) is 8.17. The average Bonchev–Trinajstić information content (AvgIpc) is 2.72. The van der Waals surface area contributed by atoms with Crippen molar-refractivity contribution in [2.45, 2.75) is 33.2 Å². The first kappa shape index (κ1) is 14.9. The van der Waals surface area contributed by atoms with Crippen molar-refractivity contribution < 1.29 is 4.74 Å². The molecular weight excluding hydrogens is 264 g/mol. The molecule has 5 heteroatoms. The molecule has 5 nitrogen and oxygen atoms in total. The Morgan fingerprint density at radius 1 is 1.33 bits per heavy atom. The number of aromatic nitrogens is 2. The molecule has 2 aromatic rings. The number of methoxy groups -OCH3 is 1. The number of imidazole rings is 1. The van der Waals surface area contributed by atoms with Crippen molar-refractivity contribution in [3.8, 4) is 23.1 Å². The molecule has 110 valence electrons. The Bertz CT molecular complexity index is 717. The summed E-state index contributed by atoms with van der Waals surface area (Å²) in [6.07, 6.45) is 0. The maximum absolute atomic E-state index is 9.19. The van der Waals surface area contributed by atoms with Gasteiger partial charge in [-0.05, 0) is 45.9 Å². The van der Waals surface area contributed by atoms with Gasteiger partial charge in [0.2, 0.25) is 0 Å². The predicted octanol–water partition coefficient (Wildman–Crippen LogP) is 3.08. The summed E-state index contributed by atoms with van der Waals surface area (Å²) in [5, 5.41) is 9.19. The van der Waals surface area contributed by atoms with E-state index < -0.39 is 0 Å². The van der Waals surface area contributed by atoms with E-state index in [9.17, 15) is 5.26 Å². The number of nitrogens with zero attached hydrogens (tertiary/aromatic N) is 3. The van der Waals surface area contributed by atoms with E-state index in [1.165, 1.54) is 0 Å². The van der Waals surface area contributed by atoms with Gasteiger partial charge in [0.1, 0.15) is 29.2 Å². The zero-order valence-corrected chi connectivity index (χ0v) is 13.1. The summed E-state index contributed by atoms with van der Waals surface area (Å²) in [4.78, 5) is 4.57. The fraction of sp³-hybridized carbons (Fsp3) is 0.375. The van der Waals surface area contributed by atoms with Gasteiger partial charge in [0.25, 0.3) is 0 Å². The standard InChI is InChI=1S/C16H20N4O/c1-10-19-14(15(18)20(10)16(2,3)4)11-6-7-13(21-5)12(8-11)9-17/h6-8H,18H2,1-5H3. The van der Waals surface area contributed by atoms with E-state index >= 15 is 0 Å². The number of hydrogen-bond acceptors (Lipinski definition) is 4. The summed E-state index contributed by atoms with van der Waals surface area (Å²) >= 11 is 0. The lowest BCUT2D eigenvalue weighted by molar-refractivity contribution is 0.393. The first-order chi connectivity index (χ1) is 9.79. The number of aryl methyl sites for hydroxylation is 1. The van der Waals surface area contributed by atoms with Gasteiger partial charge in [0, 0.05) is 11.1 Å². The molecule has 1 aromatic carbocycles. The third kappa shape index (κ3) is 2.57. The van der Waals surface area contributed by atoms with Crippen LogP contribution >= 0.6 is 0 Å². The van der Waals surface area contributed by atoms with Crippen LogP contribution in [0.5, 0.6) is 5.75 Å². The highest BCUT2D eigenvalue weighted by Crippen LogP contribution is 2.33. The van der Waals surface area contributed by atoms with E-state index in [0.29, 0.717) is 22.8 Å². The second kappa shape index (κ2) is 5.13. The van der Waals surface area contributed by atoms with E-state index in [0.717, 1.165) is 11.4 Å². The van der Waals surface area contributed by atoms with Crippen LogP contribution in [0.3, 0.4) is 0 Å². The molecule has 1 aromatic heterocycles. The van der Waals surface area contributed by atoms with Crippen LogP contribution in [0, 0.1) is 18.3 Å². The lowest BCUT2D eigenvalue weighted by Gasteiger charge is -2.24. The Balaban J connectivity index is 2.62. The highest BCUT2D eigenvalue weighted by atomic mass is 16.5. The number of ether oxygens (including phenoxy) is 1. The first-order valence-corrected chi connectivity index (χ1v) is 6.73. The van der Waals surface area contributed by atoms with Crippen molar-refractivity contribution >= 4 is 5.82 Å². The number of nitrogen functional groups attached to an aromatic ring is 1. The molecule has 0 radical (unpaired) electrons. The SMILES string of the molecule is COc1ccc(-c2nc(C)n(C(C)(C)C)c2N)cc1C#N. The summed E-state index contributed by atoms with van der Waals surface area (Å²) < 4.78 is 7.16. The lowest BCUT2D eigenvalue weighted by atomic mass is 10.1. The van der Waals surface area contributed by atoms with E-state index in [1.807, 2.05) is 17.6 Å². The maximum atomic E-state index is 9.19. The molecule has 2 N–H and O–H groups in total. The molecule has 1 heterocycles. The third-order valence-corrected chi connectivity index (χ3v) is 3.34. The fourth-order valence-corrected chi connectivity index (χ4v) is 2.55. The van der Waals surface area contributed by atoms with Crippen molar-refractivity contribution in [3.05, 3.63) is 29.6 Å². The molecule has 0 unspecified atom stereocenters. The van der Waals surface area contributed by atoms with E-state index in [1.54, 1.807) is 19.2 Å². The van der Waals surface area contributed by atoms with Crippen molar-refractivity contribution in [2.75, 3.05) is 12.8 Å². The van der Waals surface area contributed by atoms with Crippen molar-refractivity contribution in [1.82, 2.24) is 9.55 Å². The largest absolute Gasteiger partial charge is 0.495 e. The van der Waals surface area contributed by atoms with Crippen molar-refractivity contribution in [1.29, 1.82) is 5.26 Å². The molecule has 0 amide bonds. The maximum Gasteiger partial charge on any atom is 0.136 e. The fourth-order valence-electron chi connectivity index (χ4n) is 2.55. The van der Waals surface area contributed by atoms with Gasteiger partial charge in [-0.2, -0.15) is 5.26 Å². The zero-order valence-electron chi connectivity index (χ0n) is 13.1. The molecule has 0 saturated carbocycles. The number of benzene rings is 1. The van der Waals surface area contributed by atoms with Gasteiger partial charge in [-0.25, -0.2) is 4.98 Å². The van der Waals surface area contributed by atoms with Crippen LogP contribution in [0.15, 0.2) is 18.2 Å². The Labute approximate surface area is 125 Å². The molecule has 0 aliphatic heterocycles. The van der Waals surface area contributed by atoms with Gasteiger partial charge in [-0.3, -0.25) is 0 Å². The molecule has 21 heavy (non-hydrogen) atoms. The van der Waals surface area contributed by atoms with Gasteiger partial charge in [0.15, 0.2) is 0 Å². The Kier molecular flexibility index (Phi) is 3.65. The summed E-state index contributed by atoms with van der Waals surface area (Å²) in [6, 6.07) is 7.51. The number of anilines is 1. The average molecular weight is 284 g/mol. The van der Waals surface area contributed by atoms with Gasteiger partial charge in [-0.15, -0.1) is 0 Å². The van der Waals surface area contributed by atoms with Crippen LogP contribution in [-0.2, 0) is 5.54 Å². The quantitative estimate of drug-likeness (QED) is 0.919. The second-order valence-corrected chi connectivity index (χ2v) is 5.93. The summed E-state index contributed by atoms with van der Waals surface area (Å²) in [5.74, 6) is 2.00. The number of nitriles is 1. The highest BCUT2D eigenvalue weighted by Gasteiger charge is 2.23. The highest BCUT2D eigenvalue weighted by molar-refractivity contribution is 5.73. The molecule has 0 fully saturated rings. The van der Waals surface area contributed by atoms with Gasteiger partial charge >= 0.3 is 0 Å². The smallest absolute Gasteiger partial charge is 0.136 e. The predicted molar refractivity (Wildman–Crippen MR) is 83.1 cm³/mol. The Morgan fingerprint density at radius 3 is 2.48 bits per heavy atom. The van der Waals surface area contributed by atoms with Crippen molar-refractivity contribution in [3.63, 3.8) is 0 Å². The number of rotatable bonds is 2. The molecule has 0 spiro atoms. The van der Waals surface area contributed by atoms with E-state index in [-0.39, 0.29) is 5.54 Å². The number of nitrogens with two attached hydrogens (primary N) is 1. The van der Waals surface area contributed by atoms with Gasteiger partial charge in [0.05, 0.1) is 12.7 Å². The van der Waals surface area contributed by atoms with Crippen LogP contribution in [0.25, 0.3) is 11.3 Å². The normalized spacial score (nSPS) is 11.2. The molecule has 0 bridgehead atoms. The molecule has 0 atom stereocenters. The van der Waals surface area contributed by atoms with Crippen LogP contribution in [0.2, 0.25) is 0 Å². The minimum absolute atomic E-state index is 0.149. The number of hydrogen-bond donors (Lipinski definition) is 1. The topological polar surface area (TPSA) is 76.9 Å². The van der Waals surface area contributed by atoms with Crippen LogP contribution in [0.1, 0.15) is 32.2 Å². The molecule has 0 aliphatic rings. The summed E-state index contributed by atoms with van der Waals surface area (Å²) in [5.41, 5.74) is 8.10. The zero-order chi connectivity index (χ0) is 15.8. The minimum atomic E-state index is -0.149. The third-order valence-electron chi connectivity index (χ3n) is 3.34. The molecule has 2 rings (SSSR count). The summed E-state index contributed by atoms with van der Waals surface area (Å²) in [7, 11) is 1.54. The molecule has 0 aliphatic carbocycles. The molecule has 0 saturated heterocycles. The monoisotopic (exact) mass is 284 g/mol.